The molecule has 92 valence electrons. The highest BCUT2D eigenvalue weighted by molar-refractivity contribution is 5.06. The van der Waals surface area contributed by atoms with Gasteiger partial charge in [-0.1, -0.05) is 26.2 Å². The van der Waals surface area contributed by atoms with Crippen LogP contribution in [0.2, 0.25) is 0 Å². The van der Waals surface area contributed by atoms with Gasteiger partial charge in [0.2, 0.25) is 0 Å². The second kappa shape index (κ2) is 7.41. The summed E-state index contributed by atoms with van der Waals surface area (Å²) >= 11 is 0. The molecule has 0 fully saturated rings. The summed E-state index contributed by atoms with van der Waals surface area (Å²) in [7, 11) is 0. The molecule has 0 aliphatic heterocycles. The van der Waals surface area contributed by atoms with Crippen LogP contribution >= 0.6 is 0 Å². The summed E-state index contributed by atoms with van der Waals surface area (Å²) in [5.41, 5.74) is 4.16. The summed E-state index contributed by atoms with van der Waals surface area (Å²) in [5, 5.41) is 4.27. The van der Waals surface area contributed by atoms with Gasteiger partial charge in [-0.15, -0.1) is 0 Å². The molecule has 0 radical (unpaired) electrons. The van der Waals surface area contributed by atoms with E-state index in [9.17, 15) is 0 Å². The second-order valence-electron chi connectivity index (χ2n) is 4.27. The zero-order valence-electron chi connectivity index (χ0n) is 10.4. The average Bonchev–Trinajstić information content (AvgIpc) is 2.75. The van der Waals surface area contributed by atoms with Gasteiger partial charge in [-0.2, -0.15) is 5.10 Å². The van der Waals surface area contributed by atoms with Crippen LogP contribution in [0.5, 0.6) is 0 Å². The molecule has 0 amide bonds. The predicted molar refractivity (Wildman–Crippen MR) is 66.9 cm³/mol. The number of rotatable bonds is 8. The van der Waals surface area contributed by atoms with Crippen molar-refractivity contribution in [1.82, 2.24) is 15.2 Å². The minimum absolute atomic E-state index is 0.376. The zero-order chi connectivity index (χ0) is 11.8. The van der Waals surface area contributed by atoms with E-state index in [1.54, 1.807) is 0 Å². The molecule has 0 aliphatic carbocycles. The van der Waals surface area contributed by atoms with Crippen molar-refractivity contribution in [2.24, 2.45) is 5.84 Å². The van der Waals surface area contributed by atoms with E-state index in [1.165, 1.54) is 24.8 Å². The zero-order valence-corrected chi connectivity index (χ0v) is 10.4. The molecule has 0 spiro atoms. The molecule has 16 heavy (non-hydrogen) atoms. The average molecular weight is 224 g/mol. The highest BCUT2D eigenvalue weighted by Crippen LogP contribution is 2.09. The van der Waals surface area contributed by atoms with Gasteiger partial charge in [0.15, 0.2) is 0 Å². The Hall–Kier alpha value is -0.870. The number of hydrogen-bond donors (Lipinski definition) is 2. The molecule has 4 nitrogen and oxygen atoms in total. The van der Waals surface area contributed by atoms with Crippen LogP contribution in [0.1, 0.15) is 45.1 Å². The minimum atomic E-state index is 0.376. The molecule has 0 saturated heterocycles. The van der Waals surface area contributed by atoms with Crippen molar-refractivity contribution in [3.05, 3.63) is 18.0 Å². The highest BCUT2D eigenvalue weighted by Gasteiger charge is 2.08. The molecule has 1 heterocycles. The Labute approximate surface area is 98.2 Å². The number of hydrazine groups is 1. The third kappa shape index (κ3) is 4.33. The summed E-state index contributed by atoms with van der Waals surface area (Å²) in [5.74, 6) is 5.56. The lowest BCUT2D eigenvalue weighted by Crippen LogP contribution is -2.36. The molecule has 0 aliphatic rings. The lowest BCUT2D eigenvalue weighted by Gasteiger charge is -2.14. The summed E-state index contributed by atoms with van der Waals surface area (Å²) < 4.78 is 1.95. The minimum Gasteiger partial charge on any atom is -0.273 e. The van der Waals surface area contributed by atoms with Gasteiger partial charge in [0.1, 0.15) is 0 Å². The van der Waals surface area contributed by atoms with E-state index in [1.807, 2.05) is 10.9 Å². The first-order valence-corrected chi connectivity index (χ1v) is 6.27. The molecule has 1 aromatic heterocycles. The van der Waals surface area contributed by atoms with E-state index in [0.717, 1.165) is 19.4 Å². The van der Waals surface area contributed by atoms with E-state index in [0.29, 0.717) is 6.04 Å². The third-order valence-corrected chi connectivity index (χ3v) is 2.88. The summed E-state index contributed by atoms with van der Waals surface area (Å²) in [6.45, 7) is 5.24. The van der Waals surface area contributed by atoms with Gasteiger partial charge in [-0.25, -0.2) is 0 Å². The smallest absolute Gasteiger partial charge is 0.0522 e. The van der Waals surface area contributed by atoms with E-state index >= 15 is 0 Å². The lowest BCUT2D eigenvalue weighted by molar-refractivity contribution is 0.466. The molecule has 0 aromatic carbocycles. The number of aryl methyl sites for hydroxylation is 1. The molecular weight excluding hydrogens is 200 g/mol. The maximum Gasteiger partial charge on any atom is 0.0522 e. The number of unbranched alkanes of at least 4 members (excludes halogenated alkanes) is 2. The van der Waals surface area contributed by atoms with Crippen molar-refractivity contribution < 1.29 is 0 Å². The first-order chi connectivity index (χ1) is 7.80. The van der Waals surface area contributed by atoms with Crippen LogP contribution in [0.3, 0.4) is 0 Å². The van der Waals surface area contributed by atoms with Gasteiger partial charge in [0.05, 0.1) is 6.20 Å². The van der Waals surface area contributed by atoms with E-state index in [4.69, 9.17) is 5.84 Å². The fourth-order valence-electron chi connectivity index (χ4n) is 1.85. The number of nitrogens with zero attached hydrogens (tertiary/aromatic N) is 2. The fraction of sp³-hybridized carbons (Fsp3) is 0.750. The monoisotopic (exact) mass is 224 g/mol. The number of nitrogens with one attached hydrogen (secondary N) is 1. The van der Waals surface area contributed by atoms with Gasteiger partial charge in [-0.3, -0.25) is 16.0 Å². The fourth-order valence-corrected chi connectivity index (χ4v) is 1.85. The Balaban J connectivity index is 2.36. The predicted octanol–water partition coefficient (Wildman–Crippen LogP) is 1.86. The SMILES string of the molecule is CCCCCC(Cc1cnn(CC)c1)NN. The van der Waals surface area contributed by atoms with Crippen molar-refractivity contribution >= 4 is 0 Å². The summed E-state index contributed by atoms with van der Waals surface area (Å²) in [6, 6.07) is 0.376. The molecule has 1 rings (SSSR count). The first kappa shape index (κ1) is 13.2. The number of nitrogens with two attached hydrogens (primary N) is 1. The lowest BCUT2D eigenvalue weighted by atomic mass is 10.0. The Bertz CT molecular complexity index is 282. The van der Waals surface area contributed by atoms with Crippen molar-refractivity contribution in [2.75, 3.05) is 0 Å². The van der Waals surface area contributed by atoms with Gasteiger partial charge in [0, 0.05) is 18.8 Å². The van der Waals surface area contributed by atoms with Crippen molar-refractivity contribution in [2.45, 2.75) is 58.5 Å². The molecule has 3 N–H and O–H groups in total. The number of hydrogen-bond acceptors (Lipinski definition) is 3. The normalized spacial score (nSPS) is 12.9. The topological polar surface area (TPSA) is 55.9 Å². The maximum absolute atomic E-state index is 5.56. The van der Waals surface area contributed by atoms with Crippen molar-refractivity contribution in [3.8, 4) is 0 Å². The third-order valence-electron chi connectivity index (χ3n) is 2.88. The molecule has 0 saturated carbocycles. The van der Waals surface area contributed by atoms with Crippen LogP contribution in [0, 0.1) is 0 Å². The van der Waals surface area contributed by atoms with Gasteiger partial charge < -0.3 is 0 Å². The quantitative estimate of drug-likeness (QED) is 0.402. The molecule has 1 aromatic rings. The molecule has 1 unspecified atom stereocenters. The van der Waals surface area contributed by atoms with Gasteiger partial charge in [0.25, 0.3) is 0 Å². The van der Waals surface area contributed by atoms with Gasteiger partial charge in [-0.05, 0) is 25.3 Å². The van der Waals surface area contributed by atoms with Crippen LogP contribution in [-0.4, -0.2) is 15.8 Å². The largest absolute Gasteiger partial charge is 0.273 e. The first-order valence-electron chi connectivity index (χ1n) is 6.27. The Morgan fingerprint density at radius 1 is 1.44 bits per heavy atom. The molecule has 1 atom stereocenters. The van der Waals surface area contributed by atoms with Crippen molar-refractivity contribution in [3.63, 3.8) is 0 Å². The molecule has 0 bridgehead atoms. The van der Waals surface area contributed by atoms with Crippen LogP contribution in [-0.2, 0) is 13.0 Å². The van der Waals surface area contributed by atoms with Crippen LogP contribution < -0.4 is 11.3 Å². The molecular formula is C12H24N4. The summed E-state index contributed by atoms with van der Waals surface area (Å²) in [4.78, 5) is 0. The van der Waals surface area contributed by atoms with E-state index in [2.05, 4.69) is 30.6 Å². The maximum atomic E-state index is 5.56. The summed E-state index contributed by atoms with van der Waals surface area (Å²) in [6.07, 6.45) is 9.93. The Morgan fingerprint density at radius 2 is 2.25 bits per heavy atom. The Morgan fingerprint density at radius 3 is 2.81 bits per heavy atom. The molecule has 4 heteroatoms. The number of aromatic nitrogens is 2. The highest BCUT2D eigenvalue weighted by atomic mass is 15.3. The van der Waals surface area contributed by atoms with Crippen LogP contribution in [0.25, 0.3) is 0 Å². The van der Waals surface area contributed by atoms with Crippen LogP contribution in [0.4, 0.5) is 0 Å². The van der Waals surface area contributed by atoms with E-state index in [-0.39, 0.29) is 0 Å². The Kier molecular flexibility index (Phi) is 6.11. The standard InChI is InChI=1S/C12H24N4/c1-3-5-6-7-12(15-13)8-11-9-14-16(4-2)10-11/h9-10,12,15H,3-8,13H2,1-2H3. The van der Waals surface area contributed by atoms with E-state index < -0.39 is 0 Å². The van der Waals surface area contributed by atoms with Crippen molar-refractivity contribution in [1.29, 1.82) is 0 Å². The van der Waals surface area contributed by atoms with Crippen LogP contribution in [0.15, 0.2) is 12.4 Å². The second-order valence-corrected chi connectivity index (χ2v) is 4.27. The van der Waals surface area contributed by atoms with Gasteiger partial charge >= 0.3 is 0 Å².